The summed E-state index contributed by atoms with van der Waals surface area (Å²) >= 11 is 5.78. The van der Waals surface area contributed by atoms with E-state index in [9.17, 15) is 9.18 Å². The van der Waals surface area contributed by atoms with Crippen LogP contribution in [0.2, 0.25) is 5.02 Å². The molecule has 19 heavy (non-hydrogen) atoms. The molecular formula is C13H10ClFN2O2. The van der Waals surface area contributed by atoms with Crippen LogP contribution in [0.5, 0.6) is 0 Å². The highest BCUT2D eigenvalue weighted by molar-refractivity contribution is 6.34. The fourth-order valence-corrected chi connectivity index (χ4v) is 1.73. The molecule has 0 bridgehead atoms. The Morgan fingerprint density at radius 3 is 2.74 bits per heavy atom. The summed E-state index contributed by atoms with van der Waals surface area (Å²) in [4.78, 5) is 15.8. The summed E-state index contributed by atoms with van der Waals surface area (Å²) < 4.78 is 13.5. The van der Waals surface area contributed by atoms with Crippen LogP contribution in [-0.4, -0.2) is 16.0 Å². The van der Waals surface area contributed by atoms with Crippen molar-refractivity contribution in [2.24, 2.45) is 0 Å². The number of benzene rings is 1. The number of pyridine rings is 1. The summed E-state index contributed by atoms with van der Waals surface area (Å²) in [5, 5.41) is 11.3. The highest BCUT2D eigenvalue weighted by Crippen LogP contribution is 2.20. The molecule has 1 aromatic heterocycles. The van der Waals surface area contributed by atoms with Crippen molar-refractivity contribution in [2.75, 3.05) is 5.32 Å². The van der Waals surface area contributed by atoms with Crippen molar-refractivity contribution >= 4 is 23.3 Å². The van der Waals surface area contributed by atoms with Gasteiger partial charge < -0.3 is 10.4 Å². The minimum atomic E-state index is -0.697. The molecule has 0 atom stereocenters. The number of aliphatic hydroxyl groups excluding tert-OH is 1. The fourth-order valence-electron chi connectivity index (χ4n) is 1.49. The Bertz CT molecular complexity index is 582. The van der Waals surface area contributed by atoms with Gasteiger partial charge in [-0.05, 0) is 23.8 Å². The molecule has 0 aliphatic carbocycles. The van der Waals surface area contributed by atoms with Crippen LogP contribution in [0.3, 0.4) is 0 Å². The van der Waals surface area contributed by atoms with Crippen LogP contribution < -0.4 is 5.32 Å². The van der Waals surface area contributed by atoms with E-state index in [-0.39, 0.29) is 23.0 Å². The molecular weight excluding hydrogens is 271 g/mol. The van der Waals surface area contributed by atoms with E-state index in [0.29, 0.717) is 5.56 Å². The molecule has 0 aliphatic heterocycles. The van der Waals surface area contributed by atoms with Gasteiger partial charge in [-0.25, -0.2) is 9.37 Å². The van der Waals surface area contributed by atoms with Crippen LogP contribution in [0.25, 0.3) is 0 Å². The van der Waals surface area contributed by atoms with Crippen molar-refractivity contribution in [2.45, 2.75) is 6.61 Å². The lowest BCUT2D eigenvalue weighted by atomic mass is 10.2. The van der Waals surface area contributed by atoms with Crippen LogP contribution in [0.4, 0.5) is 10.2 Å². The van der Waals surface area contributed by atoms with Crippen molar-refractivity contribution in [1.29, 1.82) is 0 Å². The first-order chi connectivity index (χ1) is 9.11. The maximum absolute atomic E-state index is 13.5. The summed E-state index contributed by atoms with van der Waals surface area (Å²) in [7, 11) is 0. The highest BCUT2D eigenvalue weighted by atomic mass is 35.5. The number of anilines is 1. The van der Waals surface area contributed by atoms with Gasteiger partial charge in [0, 0.05) is 6.20 Å². The molecule has 0 aliphatic rings. The second-order valence-electron chi connectivity index (χ2n) is 3.76. The SMILES string of the molecule is O=C(Nc1ccc(CO)cn1)c1c(F)cccc1Cl. The third-order valence-electron chi connectivity index (χ3n) is 2.44. The van der Waals surface area contributed by atoms with Crippen LogP contribution in [-0.2, 0) is 6.61 Å². The van der Waals surface area contributed by atoms with E-state index in [2.05, 4.69) is 10.3 Å². The minimum absolute atomic E-state index is 0.0319. The number of hydrogen-bond acceptors (Lipinski definition) is 3. The lowest BCUT2D eigenvalue weighted by Crippen LogP contribution is -2.15. The number of nitrogens with one attached hydrogen (secondary N) is 1. The number of amides is 1. The first-order valence-electron chi connectivity index (χ1n) is 5.43. The molecule has 0 radical (unpaired) electrons. The number of nitrogens with zero attached hydrogens (tertiary/aromatic N) is 1. The first-order valence-corrected chi connectivity index (χ1v) is 5.81. The van der Waals surface area contributed by atoms with Gasteiger partial charge in [-0.15, -0.1) is 0 Å². The summed E-state index contributed by atoms with van der Waals surface area (Å²) in [6.07, 6.45) is 1.42. The monoisotopic (exact) mass is 280 g/mol. The second kappa shape index (κ2) is 5.77. The molecule has 0 saturated heterocycles. The number of rotatable bonds is 3. The molecule has 0 fully saturated rings. The van der Waals surface area contributed by atoms with E-state index in [4.69, 9.17) is 16.7 Å². The highest BCUT2D eigenvalue weighted by Gasteiger charge is 2.16. The van der Waals surface area contributed by atoms with E-state index < -0.39 is 11.7 Å². The maximum Gasteiger partial charge on any atom is 0.261 e. The zero-order chi connectivity index (χ0) is 13.8. The largest absolute Gasteiger partial charge is 0.392 e. The molecule has 0 saturated carbocycles. The quantitative estimate of drug-likeness (QED) is 0.908. The van der Waals surface area contributed by atoms with Crippen molar-refractivity contribution in [3.63, 3.8) is 0 Å². The number of carbonyl (C=O) groups excluding carboxylic acids is 1. The van der Waals surface area contributed by atoms with Crippen LogP contribution in [0, 0.1) is 5.82 Å². The van der Waals surface area contributed by atoms with Crippen LogP contribution in [0.15, 0.2) is 36.5 Å². The van der Waals surface area contributed by atoms with Crippen molar-refractivity contribution < 1.29 is 14.3 Å². The summed E-state index contributed by atoms with van der Waals surface area (Å²) in [5.74, 6) is -1.12. The Labute approximate surface area is 113 Å². The number of aliphatic hydroxyl groups is 1. The second-order valence-corrected chi connectivity index (χ2v) is 4.17. The van der Waals surface area contributed by atoms with Gasteiger partial charge in [0.1, 0.15) is 11.6 Å². The van der Waals surface area contributed by atoms with Gasteiger partial charge in [0.15, 0.2) is 0 Å². The Morgan fingerprint density at radius 1 is 1.37 bits per heavy atom. The van der Waals surface area contributed by atoms with Gasteiger partial charge in [0.05, 0.1) is 17.2 Å². The lowest BCUT2D eigenvalue weighted by Gasteiger charge is -2.07. The average Bonchev–Trinajstić information content (AvgIpc) is 2.39. The Morgan fingerprint density at radius 2 is 2.16 bits per heavy atom. The Kier molecular flexibility index (Phi) is 4.09. The number of halogens is 2. The molecule has 6 heteroatoms. The average molecular weight is 281 g/mol. The molecule has 2 rings (SSSR count). The van der Waals surface area contributed by atoms with Gasteiger partial charge in [-0.3, -0.25) is 4.79 Å². The van der Waals surface area contributed by atoms with Gasteiger partial charge >= 0.3 is 0 Å². The molecule has 98 valence electrons. The summed E-state index contributed by atoms with van der Waals surface area (Å²) in [5.41, 5.74) is 0.388. The molecule has 0 spiro atoms. The summed E-state index contributed by atoms with van der Waals surface area (Å²) in [6.45, 7) is -0.139. The molecule has 0 unspecified atom stereocenters. The van der Waals surface area contributed by atoms with E-state index in [0.717, 1.165) is 6.07 Å². The van der Waals surface area contributed by atoms with Gasteiger partial charge in [0.2, 0.25) is 0 Å². The standard InChI is InChI=1S/C13H10ClFN2O2/c14-9-2-1-3-10(15)12(9)13(19)17-11-5-4-8(7-18)6-16-11/h1-6,18H,7H2,(H,16,17,19). The normalized spacial score (nSPS) is 10.3. The summed E-state index contributed by atoms with van der Waals surface area (Å²) in [6, 6.07) is 7.12. The topological polar surface area (TPSA) is 62.2 Å². The minimum Gasteiger partial charge on any atom is -0.392 e. The van der Waals surface area contributed by atoms with Gasteiger partial charge in [-0.2, -0.15) is 0 Å². The smallest absolute Gasteiger partial charge is 0.261 e. The molecule has 2 N–H and O–H groups in total. The third-order valence-corrected chi connectivity index (χ3v) is 2.75. The zero-order valence-corrected chi connectivity index (χ0v) is 10.5. The lowest BCUT2D eigenvalue weighted by molar-refractivity contribution is 0.102. The van der Waals surface area contributed by atoms with E-state index in [1.54, 1.807) is 6.07 Å². The fraction of sp³-hybridized carbons (Fsp3) is 0.0769. The third kappa shape index (κ3) is 3.07. The Hall–Kier alpha value is -1.98. The van der Waals surface area contributed by atoms with Crippen molar-refractivity contribution in [3.8, 4) is 0 Å². The van der Waals surface area contributed by atoms with E-state index in [1.807, 2.05) is 0 Å². The first kappa shape index (κ1) is 13.5. The number of hydrogen-bond donors (Lipinski definition) is 2. The molecule has 2 aromatic rings. The van der Waals surface area contributed by atoms with E-state index in [1.165, 1.54) is 24.4 Å². The maximum atomic E-state index is 13.5. The zero-order valence-electron chi connectivity index (χ0n) is 9.73. The molecule has 1 amide bonds. The molecule has 4 nitrogen and oxygen atoms in total. The van der Waals surface area contributed by atoms with Crippen LogP contribution in [0.1, 0.15) is 15.9 Å². The van der Waals surface area contributed by atoms with Crippen molar-refractivity contribution in [1.82, 2.24) is 4.98 Å². The van der Waals surface area contributed by atoms with E-state index >= 15 is 0 Å². The van der Waals surface area contributed by atoms with Crippen LogP contribution >= 0.6 is 11.6 Å². The Balaban J connectivity index is 2.21. The number of aromatic nitrogens is 1. The number of carbonyl (C=O) groups is 1. The molecule has 1 aromatic carbocycles. The van der Waals surface area contributed by atoms with Crippen molar-refractivity contribution in [3.05, 3.63) is 58.5 Å². The molecule has 1 heterocycles. The van der Waals surface area contributed by atoms with Gasteiger partial charge in [0.25, 0.3) is 5.91 Å². The predicted octanol–water partition coefficient (Wildman–Crippen LogP) is 2.62. The van der Waals surface area contributed by atoms with Gasteiger partial charge in [-0.1, -0.05) is 23.7 Å². The predicted molar refractivity (Wildman–Crippen MR) is 69.5 cm³/mol.